The standard InChI is InChI=1S/C17H19N5O2.ClH/c1-10(23)19-12-3-2-4-13-16(12)17-20-15(24)9-14(22(17)21-13)11-5-7-18-8-6-11;/h2-4,9,11,18H,5-8H2,1H3,(H,19,23)(H,20,24);1H. The van der Waals surface area contributed by atoms with Gasteiger partial charge in [0.1, 0.15) is 5.65 Å². The summed E-state index contributed by atoms with van der Waals surface area (Å²) in [6, 6.07) is 7.20. The summed E-state index contributed by atoms with van der Waals surface area (Å²) in [5.74, 6) is 0.147. The molecule has 3 heterocycles. The molecule has 1 aromatic carbocycles. The van der Waals surface area contributed by atoms with Crippen molar-refractivity contribution in [3.63, 3.8) is 0 Å². The zero-order chi connectivity index (χ0) is 16.7. The van der Waals surface area contributed by atoms with E-state index < -0.39 is 0 Å². The molecule has 1 fully saturated rings. The van der Waals surface area contributed by atoms with Gasteiger partial charge in [0.15, 0.2) is 0 Å². The summed E-state index contributed by atoms with van der Waals surface area (Å²) in [7, 11) is 0. The topological polar surface area (TPSA) is 91.3 Å². The quantitative estimate of drug-likeness (QED) is 0.651. The summed E-state index contributed by atoms with van der Waals surface area (Å²) >= 11 is 0. The molecule has 25 heavy (non-hydrogen) atoms. The van der Waals surface area contributed by atoms with Crippen molar-refractivity contribution in [3.05, 3.63) is 40.3 Å². The Kier molecular flexibility index (Phi) is 4.78. The lowest BCUT2D eigenvalue weighted by molar-refractivity contribution is -0.114. The van der Waals surface area contributed by atoms with Gasteiger partial charge in [-0.1, -0.05) is 6.07 Å². The van der Waals surface area contributed by atoms with Gasteiger partial charge in [-0.25, -0.2) is 4.52 Å². The van der Waals surface area contributed by atoms with E-state index in [1.807, 2.05) is 22.7 Å². The first kappa shape index (κ1) is 17.4. The van der Waals surface area contributed by atoms with Gasteiger partial charge in [0.2, 0.25) is 5.91 Å². The van der Waals surface area contributed by atoms with Crippen LogP contribution in [-0.4, -0.2) is 33.6 Å². The second-order valence-corrected chi connectivity index (χ2v) is 6.22. The highest BCUT2D eigenvalue weighted by Crippen LogP contribution is 2.30. The lowest BCUT2D eigenvalue weighted by Crippen LogP contribution is -2.28. The van der Waals surface area contributed by atoms with Crippen LogP contribution in [0.1, 0.15) is 31.4 Å². The Morgan fingerprint density at radius 1 is 1.32 bits per heavy atom. The van der Waals surface area contributed by atoms with Crippen LogP contribution < -0.4 is 16.2 Å². The molecule has 3 aromatic rings. The van der Waals surface area contributed by atoms with Gasteiger partial charge < -0.3 is 15.6 Å². The van der Waals surface area contributed by atoms with Gasteiger partial charge in [0.25, 0.3) is 5.56 Å². The third-order valence-corrected chi connectivity index (χ3v) is 4.53. The van der Waals surface area contributed by atoms with E-state index in [9.17, 15) is 9.59 Å². The van der Waals surface area contributed by atoms with Gasteiger partial charge in [-0.15, -0.1) is 12.4 Å². The maximum atomic E-state index is 12.2. The van der Waals surface area contributed by atoms with Crippen molar-refractivity contribution in [1.29, 1.82) is 0 Å². The molecule has 132 valence electrons. The number of nitrogens with one attached hydrogen (secondary N) is 3. The molecule has 0 saturated carbocycles. The van der Waals surface area contributed by atoms with E-state index in [4.69, 9.17) is 0 Å². The third kappa shape index (κ3) is 3.12. The SMILES string of the molecule is CC(=O)Nc1cccc2nn3c(C4CCNCC4)cc(=O)[nH]c3c12.Cl. The number of carbonyl (C=O) groups is 1. The monoisotopic (exact) mass is 361 g/mol. The molecule has 0 aliphatic carbocycles. The fourth-order valence-electron chi connectivity index (χ4n) is 3.49. The molecule has 7 nitrogen and oxygen atoms in total. The highest BCUT2D eigenvalue weighted by atomic mass is 35.5. The second-order valence-electron chi connectivity index (χ2n) is 6.22. The lowest BCUT2D eigenvalue weighted by atomic mass is 9.94. The molecule has 0 bridgehead atoms. The predicted octanol–water partition coefficient (Wildman–Crippen LogP) is 2.02. The Hall–Kier alpha value is -2.38. The minimum atomic E-state index is -0.154. The summed E-state index contributed by atoms with van der Waals surface area (Å²) in [5.41, 5.74) is 2.83. The van der Waals surface area contributed by atoms with E-state index in [-0.39, 0.29) is 23.9 Å². The Morgan fingerprint density at radius 2 is 2.08 bits per heavy atom. The molecular weight excluding hydrogens is 342 g/mol. The first-order valence-corrected chi connectivity index (χ1v) is 8.16. The zero-order valence-corrected chi connectivity index (χ0v) is 14.7. The van der Waals surface area contributed by atoms with E-state index in [2.05, 4.69) is 20.7 Å². The zero-order valence-electron chi connectivity index (χ0n) is 13.8. The normalized spacial score (nSPS) is 15.2. The van der Waals surface area contributed by atoms with Gasteiger partial charge in [-0.3, -0.25) is 9.59 Å². The number of fused-ring (bicyclic) bond motifs is 3. The largest absolute Gasteiger partial charge is 0.326 e. The van der Waals surface area contributed by atoms with Crippen LogP contribution in [0.15, 0.2) is 29.1 Å². The average Bonchev–Trinajstić information content (AvgIpc) is 2.94. The summed E-state index contributed by atoms with van der Waals surface area (Å²) in [5, 5.41) is 11.6. The molecule has 1 amide bonds. The van der Waals surface area contributed by atoms with Gasteiger partial charge in [0, 0.05) is 18.9 Å². The maximum absolute atomic E-state index is 12.2. The summed E-state index contributed by atoms with van der Waals surface area (Å²) in [4.78, 5) is 26.6. The van der Waals surface area contributed by atoms with E-state index in [0.717, 1.165) is 42.5 Å². The molecule has 4 rings (SSSR count). The van der Waals surface area contributed by atoms with Crippen LogP contribution in [0.3, 0.4) is 0 Å². The number of carbonyl (C=O) groups excluding carboxylic acids is 1. The molecule has 8 heteroatoms. The Morgan fingerprint density at radius 3 is 2.80 bits per heavy atom. The van der Waals surface area contributed by atoms with Crippen LogP contribution in [0.4, 0.5) is 5.69 Å². The van der Waals surface area contributed by atoms with E-state index in [1.54, 1.807) is 6.07 Å². The molecule has 1 saturated heterocycles. The number of nitrogens with zero attached hydrogens (tertiary/aromatic N) is 2. The van der Waals surface area contributed by atoms with Gasteiger partial charge in [0.05, 0.1) is 22.3 Å². The van der Waals surface area contributed by atoms with Crippen molar-refractivity contribution in [2.75, 3.05) is 18.4 Å². The van der Waals surface area contributed by atoms with Crippen molar-refractivity contribution in [3.8, 4) is 0 Å². The molecule has 0 radical (unpaired) electrons. The van der Waals surface area contributed by atoms with Crippen LogP contribution in [0.25, 0.3) is 16.6 Å². The molecule has 0 atom stereocenters. The average molecular weight is 362 g/mol. The number of H-pyrrole nitrogens is 1. The lowest BCUT2D eigenvalue weighted by Gasteiger charge is -2.23. The van der Waals surface area contributed by atoms with Crippen LogP contribution in [0, 0.1) is 0 Å². The van der Waals surface area contributed by atoms with Gasteiger partial charge >= 0.3 is 0 Å². The fourth-order valence-corrected chi connectivity index (χ4v) is 3.49. The van der Waals surface area contributed by atoms with E-state index in [0.29, 0.717) is 17.3 Å². The van der Waals surface area contributed by atoms with Crippen molar-refractivity contribution >= 4 is 40.6 Å². The number of piperidine rings is 1. The van der Waals surface area contributed by atoms with Crippen LogP contribution in [0.5, 0.6) is 0 Å². The highest BCUT2D eigenvalue weighted by molar-refractivity contribution is 6.06. The minimum absolute atomic E-state index is 0. The molecular formula is C17H20ClN5O2. The summed E-state index contributed by atoms with van der Waals surface area (Å²) < 4.78 is 1.83. The van der Waals surface area contributed by atoms with E-state index >= 15 is 0 Å². The summed E-state index contributed by atoms with van der Waals surface area (Å²) in [6.07, 6.45) is 1.96. The number of halogens is 1. The molecule has 1 aliphatic rings. The number of aromatic amines is 1. The molecule has 1 aliphatic heterocycles. The molecule has 0 spiro atoms. The number of anilines is 1. The molecule has 2 aromatic heterocycles. The van der Waals surface area contributed by atoms with Gasteiger partial charge in [-0.2, -0.15) is 5.10 Å². The number of hydrogen-bond donors (Lipinski definition) is 3. The minimum Gasteiger partial charge on any atom is -0.326 e. The third-order valence-electron chi connectivity index (χ3n) is 4.53. The first-order chi connectivity index (χ1) is 11.6. The highest BCUT2D eigenvalue weighted by Gasteiger charge is 2.21. The van der Waals surface area contributed by atoms with Crippen molar-refractivity contribution < 1.29 is 4.79 Å². The summed E-state index contributed by atoms with van der Waals surface area (Å²) in [6.45, 7) is 3.35. The fraction of sp³-hybridized carbons (Fsp3) is 0.353. The van der Waals surface area contributed by atoms with Gasteiger partial charge in [-0.05, 0) is 38.1 Å². The number of amides is 1. The van der Waals surface area contributed by atoms with Crippen molar-refractivity contribution in [1.82, 2.24) is 19.9 Å². The van der Waals surface area contributed by atoms with Crippen LogP contribution in [0.2, 0.25) is 0 Å². The molecule has 3 N–H and O–H groups in total. The first-order valence-electron chi connectivity index (χ1n) is 8.16. The number of rotatable bonds is 2. The number of hydrogen-bond acceptors (Lipinski definition) is 4. The number of benzene rings is 1. The van der Waals surface area contributed by atoms with Crippen LogP contribution in [-0.2, 0) is 4.79 Å². The molecule has 0 unspecified atom stereocenters. The van der Waals surface area contributed by atoms with E-state index in [1.165, 1.54) is 6.92 Å². The van der Waals surface area contributed by atoms with Crippen molar-refractivity contribution in [2.24, 2.45) is 0 Å². The number of aromatic nitrogens is 3. The predicted molar refractivity (Wildman–Crippen MR) is 99.7 cm³/mol. The maximum Gasteiger partial charge on any atom is 0.251 e. The van der Waals surface area contributed by atoms with Crippen molar-refractivity contribution in [2.45, 2.75) is 25.7 Å². The van der Waals surface area contributed by atoms with Crippen LogP contribution >= 0.6 is 12.4 Å². The second kappa shape index (κ2) is 6.85. The Balaban J connectivity index is 0.00000182. The smallest absolute Gasteiger partial charge is 0.251 e. The Bertz CT molecular complexity index is 988. The Labute approximate surface area is 150 Å².